The van der Waals surface area contributed by atoms with Crippen molar-refractivity contribution in [1.82, 2.24) is 5.32 Å². The Hall–Kier alpha value is -2.34. The Balaban J connectivity index is 1.46. The topological polar surface area (TPSA) is 66.5 Å². The van der Waals surface area contributed by atoms with Crippen molar-refractivity contribution in [3.63, 3.8) is 0 Å². The number of anilines is 1. The second-order valence-electron chi connectivity index (χ2n) is 8.09. The van der Waals surface area contributed by atoms with Crippen molar-refractivity contribution in [1.29, 1.82) is 0 Å². The smallest absolute Gasteiger partial charge is 0.264 e. The third-order valence-electron chi connectivity index (χ3n) is 6.23. The minimum atomic E-state index is -3.63. The molecule has 2 aromatic rings. The number of fused-ring (bicyclic) bond motifs is 2. The molecule has 2 bridgehead atoms. The zero-order chi connectivity index (χ0) is 19.9. The van der Waals surface area contributed by atoms with E-state index in [9.17, 15) is 13.2 Å². The number of carbonyl (C=O) groups is 1. The Morgan fingerprint density at radius 1 is 1.00 bits per heavy atom. The van der Waals surface area contributed by atoms with Gasteiger partial charge in [0, 0.05) is 18.7 Å². The average Bonchev–Trinajstić information content (AvgIpc) is 3.31. The minimum Gasteiger partial charge on any atom is -0.349 e. The summed E-state index contributed by atoms with van der Waals surface area (Å²) in [5.41, 5.74) is 2.09. The van der Waals surface area contributed by atoms with E-state index in [1.807, 2.05) is 6.92 Å². The Morgan fingerprint density at radius 2 is 1.68 bits per heavy atom. The molecule has 0 radical (unpaired) electrons. The van der Waals surface area contributed by atoms with E-state index in [4.69, 9.17) is 0 Å². The van der Waals surface area contributed by atoms with Crippen LogP contribution in [0, 0.1) is 18.8 Å². The summed E-state index contributed by atoms with van der Waals surface area (Å²) in [6.07, 6.45) is 4.85. The highest BCUT2D eigenvalue weighted by atomic mass is 32.2. The normalized spacial score (nSPS) is 23.6. The van der Waals surface area contributed by atoms with Gasteiger partial charge in [-0.05, 0) is 74.4 Å². The summed E-state index contributed by atoms with van der Waals surface area (Å²) in [7, 11) is -2.11. The Bertz CT molecular complexity index is 968. The molecule has 148 valence electrons. The Morgan fingerprint density at radius 3 is 2.25 bits per heavy atom. The predicted octanol–water partition coefficient (Wildman–Crippen LogP) is 3.74. The summed E-state index contributed by atoms with van der Waals surface area (Å²) < 4.78 is 26.9. The van der Waals surface area contributed by atoms with Crippen LogP contribution in [0.5, 0.6) is 0 Å². The van der Waals surface area contributed by atoms with Crippen molar-refractivity contribution >= 4 is 21.6 Å². The molecule has 0 unspecified atom stereocenters. The quantitative estimate of drug-likeness (QED) is 0.834. The van der Waals surface area contributed by atoms with Gasteiger partial charge < -0.3 is 5.32 Å². The Kier molecular flexibility index (Phi) is 4.91. The van der Waals surface area contributed by atoms with Crippen LogP contribution in [-0.4, -0.2) is 27.4 Å². The SMILES string of the molecule is Cc1ccc(S(=O)(=O)N(C)c2ccc(C(=O)N[C@@H]3C[C@H]4CC[C@H]3C4)cc2)cc1. The van der Waals surface area contributed by atoms with Crippen LogP contribution in [0.3, 0.4) is 0 Å². The third kappa shape index (κ3) is 3.53. The number of amides is 1. The second-order valence-corrected chi connectivity index (χ2v) is 10.1. The predicted molar refractivity (Wildman–Crippen MR) is 110 cm³/mol. The lowest BCUT2D eigenvalue weighted by Crippen LogP contribution is -2.38. The van der Waals surface area contributed by atoms with Crippen LogP contribution >= 0.6 is 0 Å². The number of benzene rings is 2. The largest absolute Gasteiger partial charge is 0.349 e. The highest BCUT2D eigenvalue weighted by Gasteiger charge is 2.40. The van der Waals surface area contributed by atoms with E-state index in [2.05, 4.69) is 5.32 Å². The molecule has 0 spiro atoms. The first-order valence-electron chi connectivity index (χ1n) is 9.81. The first-order valence-corrected chi connectivity index (χ1v) is 11.2. The fourth-order valence-electron chi connectivity index (χ4n) is 4.50. The van der Waals surface area contributed by atoms with Crippen LogP contribution in [0.4, 0.5) is 5.69 Å². The molecule has 3 atom stereocenters. The van der Waals surface area contributed by atoms with Crippen molar-refractivity contribution in [3.05, 3.63) is 59.7 Å². The molecule has 0 saturated heterocycles. The highest BCUT2D eigenvalue weighted by Crippen LogP contribution is 2.44. The van der Waals surface area contributed by atoms with Crippen LogP contribution in [0.25, 0.3) is 0 Å². The lowest BCUT2D eigenvalue weighted by molar-refractivity contribution is 0.0923. The van der Waals surface area contributed by atoms with E-state index in [-0.39, 0.29) is 16.8 Å². The lowest BCUT2D eigenvalue weighted by Gasteiger charge is -2.23. The molecule has 2 aromatic carbocycles. The zero-order valence-corrected chi connectivity index (χ0v) is 17.1. The molecule has 1 N–H and O–H groups in total. The fourth-order valence-corrected chi connectivity index (χ4v) is 5.70. The number of nitrogens with one attached hydrogen (secondary N) is 1. The molecule has 0 heterocycles. The molecule has 0 aliphatic heterocycles. The van der Waals surface area contributed by atoms with Crippen molar-refractivity contribution in [2.24, 2.45) is 11.8 Å². The molecule has 0 aromatic heterocycles. The summed E-state index contributed by atoms with van der Waals surface area (Å²) in [4.78, 5) is 12.8. The van der Waals surface area contributed by atoms with Crippen molar-refractivity contribution in [2.75, 3.05) is 11.4 Å². The molecule has 1 amide bonds. The van der Waals surface area contributed by atoms with Gasteiger partial charge in [0.25, 0.3) is 15.9 Å². The number of nitrogens with zero attached hydrogens (tertiary/aromatic N) is 1. The van der Waals surface area contributed by atoms with Crippen LogP contribution in [0.1, 0.15) is 41.6 Å². The maximum atomic E-state index is 12.8. The standard InChI is InChI=1S/C22H26N2O3S/c1-15-3-11-20(12-4-15)28(26,27)24(2)19-9-7-17(8-10-19)22(25)23-21-14-16-5-6-18(21)13-16/h3-4,7-12,16,18,21H,5-6,13-14H2,1-2H3,(H,23,25)/t16-,18-,21+/m0/s1. The van der Waals surface area contributed by atoms with Gasteiger partial charge in [0.05, 0.1) is 10.6 Å². The van der Waals surface area contributed by atoms with Crippen molar-refractivity contribution < 1.29 is 13.2 Å². The number of hydrogen-bond acceptors (Lipinski definition) is 3. The summed E-state index contributed by atoms with van der Waals surface area (Å²) in [5, 5.41) is 3.17. The molecule has 5 nitrogen and oxygen atoms in total. The van der Waals surface area contributed by atoms with Crippen LogP contribution in [0.2, 0.25) is 0 Å². The van der Waals surface area contributed by atoms with E-state index >= 15 is 0 Å². The van der Waals surface area contributed by atoms with Gasteiger partial charge in [0.1, 0.15) is 0 Å². The van der Waals surface area contributed by atoms with Crippen LogP contribution in [-0.2, 0) is 10.0 Å². The summed E-state index contributed by atoms with van der Waals surface area (Å²) in [6, 6.07) is 13.8. The molecule has 2 aliphatic carbocycles. The molecule has 2 aliphatic rings. The van der Waals surface area contributed by atoms with Crippen LogP contribution in [0.15, 0.2) is 53.4 Å². The summed E-state index contributed by atoms with van der Waals surface area (Å²) >= 11 is 0. The van der Waals surface area contributed by atoms with Gasteiger partial charge in [-0.15, -0.1) is 0 Å². The maximum absolute atomic E-state index is 12.8. The van der Waals surface area contributed by atoms with E-state index < -0.39 is 10.0 Å². The van der Waals surface area contributed by atoms with E-state index in [1.165, 1.54) is 30.6 Å². The number of rotatable bonds is 5. The number of aryl methyl sites for hydroxylation is 1. The molecular formula is C22H26N2O3S. The molecule has 4 rings (SSSR count). The van der Waals surface area contributed by atoms with Crippen LogP contribution < -0.4 is 9.62 Å². The van der Waals surface area contributed by atoms with Gasteiger partial charge in [-0.2, -0.15) is 0 Å². The monoisotopic (exact) mass is 398 g/mol. The number of sulfonamides is 1. The number of carbonyl (C=O) groups excluding carboxylic acids is 1. The molecule has 6 heteroatoms. The summed E-state index contributed by atoms with van der Waals surface area (Å²) in [5.74, 6) is 1.32. The first-order chi connectivity index (χ1) is 13.3. The third-order valence-corrected chi connectivity index (χ3v) is 8.03. The highest BCUT2D eigenvalue weighted by molar-refractivity contribution is 7.92. The molecule has 28 heavy (non-hydrogen) atoms. The average molecular weight is 399 g/mol. The van der Waals surface area contributed by atoms with Crippen molar-refractivity contribution in [2.45, 2.75) is 43.5 Å². The van der Waals surface area contributed by atoms with Gasteiger partial charge in [-0.3, -0.25) is 9.10 Å². The molecule has 2 saturated carbocycles. The van der Waals surface area contributed by atoms with E-state index in [1.54, 1.807) is 48.5 Å². The zero-order valence-electron chi connectivity index (χ0n) is 16.3. The van der Waals surface area contributed by atoms with Gasteiger partial charge in [-0.25, -0.2) is 8.42 Å². The molecular weight excluding hydrogens is 372 g/mol. The lowest BCUT2D eigenvalue weighted by atomic mass is 9.95. The van der Waals surface area contributed by atoms with Gasteiger partial charge in [0.2, 0.25) is 0 Å². The van der Waals surface area contributed by atoms with Gasteiger partial charge >= 0.3 is 0 Å². The second kappa shape index (κ2) is 7.24. The number of hydrogen-bond donors (Lipinski definition) is 1. The van der Waals surface area contributed by atoms with E-state index in [0.29, 0.717) is 17.2 Å². The first kappa shape index (κ1) is 19.0. The fraction of sp³-hybridized carbons (Fsp3) is 0.409. The summed E-state index contributed by atoms with van der Waals surface area (Å²) in [6.45, 7) is 1.92. The maximum Gasteiger partial charge on any atom is 0.264 e. The molecule has 2 fully saturated rings. The minimum absolute atomic E-state index is 0.0758. The van der Waals surface area contributed by atoms with E-state index in [0.717, 1.165) is 17.9 Å². The van der Waals surface area contributed by atoms with Crippen molar-refractivity contribution in [3.8, 4) is 0 Å². The van der Waals surface area contributed by atoms with Gasteiger partial charge in [0.15, 0.2) is 0 Å². The van der Waals surface area contributed by atoms with Gasteiger partial charge in [-0.1, -0.05) is 24.1 Å². The Labute approximate surface area is 166 Å².